The molecule has 0 aliphatic rings. The average Bonchev–Trinajstić information content (AvgIpc) is 2.46. The fourth-order valence-corrected chi connectivity index (χ4v) is 1.72. The molecular formula is C17H24O3. The minimum Gasteiger partial charge on any atom is -0.462 e. The number of allylic oxidation sites excluding steroid dienone is 1. The van der Waals surface area contributed by atoms with Gasteiger partial charge >= 0.3 is 5.97 Å². The second-order valence-corrected chi connectivity index (χ2v) is 5.10. The molecule has 1 aromatic carbocycles. The van der Waals surface area contributed by atoms with Gasteiger partial charge in [-0.05, 0) is 30.9 Å². The van der Waals surface area contributed by atoms with E-state index in [2.05, 4.69) is 0 Å². The van der Waals surface area contributed by atoms with Crippen LogP contribution in [0, 0.1) is 5.92 Å². The molecule has 0 fully saturated rings. The van der Waals surface area contributed by atoms with Gasteiger partial charge in [-0.3, -0.25) is 0 Å². The van der Waals surface area contributed by atoms with E-state index in [-0.39, 0.29) is 12.6 Å². The number of esters is 1. The molecule has 1 rings (SSSR count). The maximum Gasteiger partial charge on any atom is 0.336 e. The van der Waals surface area contributed by atoms with Crippen LogP contribution in [0.4, 0.5) is 0 Å². The number of carbonyl (C=O) groups excluding carboxylic acids is 1. The molecule has 0 spiro atoms. The molecule has 0 aliphatic heterocycles. The van der Waals surface area contributed by atoms with Gasteiger partial charge in [0, 0.05) is 6.61 Å². The van der Waals surface area contributed by atoms with E-state index in [1.54, 1.807) is 0 Å². The minimum absolute atomic E-state index is 0.284. The third kappa shape index (κ3) is 5.17. The smallest absolute Gasteiger partial charge is 0.336 e. The summed E-state index contributed by atoms with van der Waals surface area (Å²) < 4.78 is 10.7. The van der Waals surface area contributed by atoms with Crippen LogP contribution in [0.25, 0.3) is 5.57 Å². The van der Waals surface area contributed by atoms with E-state index in [0.717, 1.165) is 11.1 Å². The van der Waals surface area contributed by atoms with Crippen molar-refractivity contribution in [2.75, 3.05) is 19.8 Å². The van der Waals surface area contributed by atoms with Gasteiger partial charge in [-0.25, -0.2) is 4.79 Å². The van der Waals surface area contributed by atoms with E-state index >= 15 is 0 Å². The lowest BCUT2D eigenvalue weighted by molar-refractivity contribution is -0.140. The molecule has 3 heteroatoms. The monoisotopic (exact) mass is 276 g/mol. The molecule has 1 aromatic rings. The summed E-state index contributed by atoms with van der Waals surface area (Å²) >= 11 is 0. The predicted molar refractivity (Wildman–Crippen MR) is 81.3 cm³/mol. The first kappa shape index (κ1) is 16.4. The topological polar surface area (TPSA) is 35.5 Å². The van der Waals surface area contributed by atoms with Gasteiger partial charge in [-0.15, -0.1) is 0 Å². The van der Waals surface area contributed by atoms with Crippen molar-refractivity contribution in [1.29, 1.82) is 0 Å². The Balaban J connectivity index is 2.95. The molecule has 0 bridgehead atoms. The number of ether oxygens (including phenoxy) is 2. The molecule has 0 amide bonds. The Kier molecular flexibility index (Phi) is 7.02. The van der Waals surface area contributed by atoms with Gasteiger partial charge in [0.15, 0.2) is 0 Å². The van der Waals surface area contributed by atoms with Gasteiger partial charge in [0.05, 0.1) is 18.8 Å². The zero-order chi connectivity index (χ0) is 15.0. The van der Waals surface area contributed by atoms with Gasteiger partial charge in [-0.1, -0.05) is 44.2 Å². The standard InChI is InChI=1S/C17H24O3/c1-5-19-12-16(17(18)20-11-13(2)3)14(4)15-9-7-6-8-10-15/h6-10,13H,5,11-12H2,1-4H3. The number of hydrogen-bond donors (Lipinski definition) is 0. The molecule has 0 atom stereocenters. The second kappa shape index (κ2) is 8.54. The molecule has 0 aromatic heterocycles. The number of hydrogen-bond acceptors (Lipinski definition) is 3. The quantitative estimate of drug-likeness (QED) is 0.563. The van der Waals surface area contributed by atoms with Crippen LogP contribution in [0.5, 0.6) is 0 Å². The van der Waals surface area contributed by atoms with E-state index in [4.69, 9.17) is 9.47 Å². The van der Waals surface area contributed by atoms with Crippen LogP contribution in [-0.2, 0) is 14.3 Å². The Morgan fingerprint density at radius 2 is 1.85 bits per heavy atom. The van der Waals surface area contributed by atoms with Crippen molar-refractivity contribution < 1.29 is 14.3 Å². The summed E-state index contributed by atoms with van der Waals surface area (Å²) in [4.78, 5) is 12.2. The molecule has 0 N–H and O–H groups in total. The fourth-order valence-electron chi connectivity index (χ4n) is 1.72. The summed E-state index contributed by atoms with van der Waals surface area (Å²) in [5.41, 5.74) is 2.52. The van der Waals surface area contributed by atoms with Gasteiger partial charge in [0.1, 0.15) is 0 Å². The highest BCUT2D eigenvalue weighted by atomic mass is 16.5. The van der Waals surface area contributed by atoms with Gasteiger partial charge in [0.2, 0.25) is 0 Å². The summed E-state index contributed by atoms with van der Waals surface area (Å²) in [5.74, 6) is 0.0397. The predicted octanol–water partition coefficient (Wildman–Crippen LogP) is 3.70. The van der Waals surface area contributed by atoms with E-state index in [9.17, 15) is 4.79 Å². The first-order chi connectivity index (χ1) is 9.56. The molecule has 0 radical (unpaired) electrons. The molecule has 0 saturated heterocycles. The summed E-state index contributed by atoms with van der Waals surface area (Å²) in [6.45, 7) is 9.16. The fraction of sp³-hybridized carbons (Fsp3) is 0.471. The molecule has 0 saturated carbocycles. The highest BCUT2D eigenvalue weighted by Crippen LogP contribution is 2.19. The Labute approximate surface area is 121 Å². The SMILES string of the molecule is CCOCC(C(=O)OCC(C)C)=C(C)c1ccccc1. The highest BCUT2D eigenvalue weighted by molar-refractivity contribution is 5.97. The Morgan fingerprint density at radius 1 is 1.20 bits per heavy atom. The molecule has 0 unspecified atom stereocenters. The van der Waals surface area contributed by atoms with Crippen LogP contribution in [0.3, 0.4) is 0 Å². The van der Waals surface area contributed by atoms with Crippen LogP contribution in [-0.4, -0.2) is 25.8 Å². The van der Waals surface area contributed by atoms with Crippen LogP contribution in [0.1, 0.15) is 33.3 Å². The maximum absolute atomic E-state index is 12.2. The van der Waals surface area contributed by atoms with Gasteiger partial charge < -0.3 is 9.47 Å². The molecule has 110 valence electrons. The van der Waals surface area contributed by atoms with Crippen LogP contribution >= 0.6 is 0 Å². The normalized spacial score (nSPS) is 12.2. The van der Waals surface area contributed by atoms with E-state index in [1.165, 1.54) is 0 Å². The van der Waals surface area contributed by atoms with Crippen molar-refractivity contribution in [2.24, 2.45) is 5.92 Å². The minimum atomic E-state index is -0.284. The van der Waals surface area contributed by atoms with Crippen molar-refractivity contribution >= 4 is 11.5 Å². The molecule has 0 aliphatic carbocycles. The first-order valence-electron chi connectivity index (χ1n) is 7.06. The van der Waals surface area contributed by atoms with Crippen LogP contribution in [0.15, 0.2) is 35.9 Å². The van der Waals surface area contributed by atoms with E-state index < -0.39 is 0 Å². The number of rotatable bonds is 7. The van der Waals surface area contributed by atoms with Crippen LogP contribution < -0.4 is 0 Å². The molecule has 0 heterocycles. The summed E-state index contributed by atoms with van der Waals surface area (Å²) in [7, 11) is 0. The third-order valence-corrected chi connectivity index (χ3v) is 2.90. The van der Waals surface area contributed by atoms with Gasteiger partial charge in [0.25, 0.3) is 0 Å². The maximum atomic E-state index is 12.2. The second-order valence-electron chi connectivity index (χ2n) is 5.10. The lowest BCUT2D eigenvalue weighted by Crippen LogP contribution is -2.17. The highest BCUT2D eigenvalue weighted by Gasteiger charge is 2.16. The number of benzene rings is 1. The zero-order valence-electron chi connectivity index (χ0n) is 12.8. The molecule has 20 heavy (non-hydrogen) atoms. The lowest BCUT2D eigenvalue weighted by Gasteiger charge is -2.13. The third-order valence-electron chi connectivity index (χ3n) is 2.90. The Morgan fingerprint density at radius 3 is 2.40 bits per heavy atom. The Hall–Kier alpha value is -1.61. The first-order valence-corrected chi connectivity index (χ1v) is 7.06. The van der Waals surface area contributed by atoms with E-state index in [1.807, 2.05) is 58.0 Å². The van der Waals surface area contributed by atoms with Gasteiger partial charge in [-0.2, -0.15) is 0 Å². The Bertz CT molecular complexity index is 447. The summed E-state index contributed by atoms with van der Waals surface area (Å²) in [6.07, 6.45) is 0. The number of carbonyl (C=O) groups is 1. The summed E-state index contributed by atoms with van der Waals surface area (Å²) in [5, 5.41) is 0. The van der Waals surface area contributed by atoms with Crippen molar-refractivity contribution in [3.63, 3.8) is 0 Å². The average molecular weight is 276 g/mol. The summed E-state index contributed by atoms with van der Waals surface area (Å²) in [6, 6.07) is 9.83. The largest absolute Gasteiger partial charge is 0.462 e. The van der Waals surface area contributed by atoms with E-state index in [0.29, 0.717) is 24.7 Å². The lowest BCUT2D eigenvalue weighted by atomic mass is 10.0. The zero-order valence-corrected chi connectivity index (χ0v) is 12.8. The van der Waals surface area contributed by atoms with Crippen molar-refractivity contribution in [3.05, 3.63) is 41.5 Å². The molecular weight excluding hydrogens is 252 g/mol. The molecule has 3 nitrogen and oxygen atoms in total. The van der Waals surface area contributed by atoms with Crippen molar-refractivity contribution in [3.8, 4) is 0 Å². The van der Waals surface area contributed by atoms with Crippen molar-refractivity contribution in [2.45, 2.75) is 27.7 Å². The van der Waals surface area contributed by atoms with Crippen LogP contribution in [0.2, 0.25) is 0 Å². The van der Waals surface area contributed by atoms with Crippen molar-refractivity contribution in [1.82, 2.24) is 0 Å².